The molecule has 0 radical (unpaired) electrons. The molecule has 3 aromatic rings. The lowest BCUT2D eigenvalue weighted by molar-refractivity contribution is 0.176. The van der Waals surface area contributed by atoms with Gasteiger partial charge in [0.2, 0.25) is 10.0 Å². The molecule has 3 heterocycles. The average molecular weight is 459 g/mol. The highest BCUT2D eigenvalue weighted by Gasteiger charge is 2.32. The second-order valence-corrected chi connectivity index (χ2v) is 9.73. The number of sulfonamides is 1. The van der Waals surface area contributed by atoms with Crippen molar-refractivity contribution in [3.05, 3.63) is 50.9 Å². The minimum atomic E-state index is -3.75. The number of piperazine rings is 1. The first-order valence-corrected chi connectivity index (χ1v) is 11.6. The fraction of sp³-hybridized carbons (Fsp3) is 0.294. The Bertz CT molecular complexity index is 1040. The number of nitrogens with zero attached hydrogens (tertiary/aromatic N) is 4. The second-order valence-electron chi connectivity index (χ2n) is 6.26. The molecule has 4 rings (SSSR count). The van der Waals surface area contributed by atoms with E-state index in [4.69, 9.17) is 27.7 Å². The standard InChI is InChI=1S/C17H16Cl2N4O3S2/c18-13-2-1-3-14(19)16(13)28(24,25)23-7-5-22(6-8-23)10-15-20-17(26-21-15)12-4-9-27-11-12/h1-4,9,11H,5-8,10H2. The third-order valence-electron chi connectivity index (χ3n) is 4.45. The number of aromatic nitrogens is 2. The summed E-state index contributed by atoms with van der Waals surface area (Å²) in [5, 5.41) is 8.16. The van der Waals surface area contributed by atoms with Crippen molar-refractivity contribution in [2.45, 2.75) is 11.4 Å². The molecule has 0 N–H and O–H groups in total. The van der Waals surface area contributed by atoms with E-state index >= 15 is 0 Å². The van der Waals surface area contributed by atoms with Gasteiger partial charge in [0.1, 0.15) is 4.90 Å². The van der Waals surface area contributed by atoms with Gasteiger partial charge >= 0.3 is 0 Å². The van der Waals surface area contributed by atoms with E-state index in [2.05, 4.69) is 15.0 Å². The van der Waals surface area contributed by atoms with Crippen molar-refractivity contribution < 1.29 is 12.9 Å². The SMILES string of the molecule is O=S(=O)(c1c(Cl)cccc1Cl)N1CCN(Cc2noc(-c3ccsc3)n2)CC1. The maximum atomic E-state index is 12.9. The summed E-state index contributed by atoms with van der Waals surface area (Å²) in [6.07, 6.45) is 0. The highest BCUT2D eigenvalue weighted by molar-refractivity contribution is 7.89. The Labute approximate surface area is 176 Å². The van der Waals surface area contributed by atoms with E-state index in [9.17, 15) is 8.42 Å². The van der Waals surface area contributed by atoms with E-state index in [1.165, 1.54) is 16.4 Å². The Balaban J connectivity index is 1.41. The number of halogens is 2. The summed E-state index contributed by atoms with van der Waals surface area (Å²) in [5.74, 6) is 1.07. The van der Waals surface area contributed by atoms with Crippen LogP contribution < -0.4 is 0 Å². The Morgan fingerprint density at radius 3 is 2.46 bits per heavy atom. The smallest absolute Gasteiger partial charge is 0.258 e. The fourth-order valence-corrected chi connectivity index (χ4v) is 6.15. The minimum Gasteiger partial charge on any atom is -0.334 e. The van der Waals surface area contributed by atoms with Crippen molar-refractivity contribution in [1.29, 1.82) is 0 Å². The third-order valence-corrected chi connectivity index (χ3v) is 7.99. The molecule has 0 bridgehead atoms. The molecule has 0 aliphatic carbocycles. The van der Waals surface area contributed by atoms with E-state index < -0.39 is 10.0 Å². The number of rotatable bonds is 5. The van der Waals surface area contributed by atoms with Crippen LogP contribution in [0.15, 0.2) is 44.4 Å². The van der Waals surface area contributed by atoms with Gasteiger partial charge in [0, 0.05) is 31.6 Å². The van der Waals surface area contributed by atoms with Crippen LogP contribution in [-0.4, -0.2) is 53.9 Å². The topological polar surface area (TPSA) is 79.5 Å². The van der Waals surface area contributed by atoms with Gasteiger partial charge in [-0.3, -0.25) is 4.90 Å². The fourth-order valence-electron chi connectivity index (χ4n) is 3.01. The number of hydrogen-bond acceptors (Lipinski definition) is 7. The summed E-state index contributed by atoms with van der Waals surface area (Å²) >= 11 is 13.7. The largest absolute Gasteiger partial charge is 0.334 e. The van der Waals surface area contributed by atoms with Gasteiger partial charge in [-0.2, -0.15) is 20.6 Å². The lowest BCUT2D eigenvalue weighted by Gasteiger charge is -2.33. The summed E-state index contributed by atoms with van der Waals surface area (Å²) in [6, 6.07) is 6.60. The zero-order valence-corrected chi connectivity index (χ0v) is 17.7. The van der Waals surface area contributed by atoms with Crippen molar-refractivity contribution in [3.63, 3.8) is 0 Å². The van der Waals surface area contributed by atoms with Crippen LogP contribution in [0.1, 0.15) is 5.82 Å². The maximum absolute atomic E-state index is 12.9. The van der Waals surface area contributed by atoms with Crippen LogP contribution in [0, 0.1) is 0 Å². The van der Waals surface area contributed by atoms with Crippen LogP contribution in [-0.2, 0) is 16.6 Å². The first kappa shape index (κ1) is 19.8. The Hall–Kier alpha value is -1.49. The van der Waals surface area contributed by atoms with E-state index in [-0.39, 0.29) is 14.9 Å². The molecule has 1 saturated heterocycles. The summed E-state index contributed by atoms with van der Waals surface area (Å²) in [6.45, 7) is 2.25. The minimum absolute atomic E-state index is 0.0367. The normalized spacial score (nSPS) is 16.5. The summed E-state index contributed by atoms with van der Waals surface area (Å²) in [4.78, 5) is 6.45. The van der Waals surface area contributed by atoms with Gasteiger partial charge < -0.3 is 4.52 Å². The van der Waals surface area contributed by atoms with Gasteiger partial charge in [-0.25, -0.2) is 8.42 Å². The molecule has 11 heteroatoms. The van der Waals surface area contributed by atoms with Crippen molar-refractivity contribution >= 4 is 44.6 Å². The quantitative estimate of drug-likeness (QED) is 0.580. The van der Waals surface area contributed by atoms with Crippen molar-refractivity contribution in [1.82, 2.24) is 19.3 Å². The molecule has 0 unspecified atom stereocenters. The first-order valence-electron chi connectivity index (χ1n) is 8.47. The van der Waals surface area contributed by atoms with Gasteiger partial charge in [0.15, 0.2) is 5.82 Å². The molecule has 2 aromatic heterocycles. The molecule has 0 spiro atoms. The molecular formula is C17H16Cl2N4O3S2. The molecule has 148 valence electrons. The predicted molar refractivity (Wildman–Crippen MR) is 108 cm³/mol. The molecule has 0 saturated carbocycles. The molecule has 1 aromatic carbocycles. The van der Waals surface area contributed by atoms with E-state index in [0.29, 0.717) is 44.4 Å². The number of thiophene rings is 1. The zero-order valence-electron chi connectivity index (χ0n) is 14.6. The van der Waals surface area contributed by atoms with Gasteiger partial charge in [-0.15, -0.1) is 0 Å². The highest BCUT2D eigenvalue weighted by atomic mass is 35.5. The summed E-state index contributed by atoms with van der Waals surface area (Å²) in [5.41, 5.74) is 0.899. The molecule has 1 aliphatic heterocycles. The highest BCUT2D eigenvalue weighted by Crippen LogP contribution is 2.32. The van der Waals surface area contributed by atoms with E-state index in [1.54, 1.807) is 17.4 Å². The molecule has 0 amide bonds. The van der Waals surface area contributed by atoms with Crippen LogP contribution in [0.4, 0.5) is 0 Å². The summed E-state index contributed by atoms with van der Waals surface area (Å²) in [7, 11) is -3.75. The molecule has 1 aliphatic rings. The predicted octanol–water partition coefficient (Wildman–Crippen LogP) is 3.61. The van der Waals surface area contributed by atoms with Crippen molar-refractivity contribution in [3.8, 4) is 11.5 Å². The molecule has 28 heavy (non-hydrogen) atoms. The van der Waals surface area contributed by atoms with Gasteiger partial charge in [0.25, 0.3) is 5.89 Å². The van der Waals surface area contributed by atoms with Gasteiger partial charge in [-0.1, -0.05) is 34.4 Å². The Morgan fingerprint density at radius 1 is 1.11 bits per heavy atom. The Kier molecular flexibility index (Phi) is 5.73. The van der Waals surface area contributed by atoms with Crippen LogP contribution in [0.25, 0.3) is 11.5 Å². The van der Waals surface area contributed by atoms with Crippen LogP contribution in [0.5, 0.6) is 0 Å². The molecule has 0 atom stereocenters. The Morgan fingerprint density at radius 2 is 1.82 bits per heavy atom. The lowest BCUT2D eigenvalue weighted by Crippen LogP contribution is -2.48. The van der Waals surface area contributed by atoms with Crippen molar-refractivity contribution in [2.24, 2.45) is 0 Å². The maximum Gasteiger partial charge on any atom is 0.258 e. The van der Waals surface area contributed by atoms with Gasteiger partial charge in [-0.05, 0) is 23.6 Å². The summed E-state index contributed by atoms with van der Waals surface area (Å²) < 4.78 is 32.6. The number of hydrogen-bond donors (Lipinski definition) is 0. The third kappa shape index (κ3) is 3.96. The average Bonchev–Trinajstić information content (AvgIpc) is 3.33. The lowest BCUT2D eigenvalue weighted by atomic mass is 10.3. The van der Waals surface area contributed by atoms with Crippen molar-refractivity contribution in [2.75, 3.05) is 26.2 Å². The van der Waals surface area contributed by atoms with Gasteiger partial charge in [0.05, 0.1) is 22.2 Å². The first-order chi connectivity index (χ1) is 13.4. The second kappa shape index (κ2) is 8.10. The van der Waals surface area contributed by atoms with Crippen LogP contribution in [0.3, 0.4) is 0 Å². The molecular weight excluding hydrogens is 443 g/mol. The monoisotopic (exact) mass is 458 g/mol. The van der Waals surface area contributed by atoms with Crippen LogP contribution in [0.2, 0.25) is 10.0 Å². The molecule has 1 fully saturated rings. The van der Waals surface area contributed by atoms with Crippen LogP contribution >= 0.6 is 34.5 Å². The number of benzene rings is 1. The van der Waals surface area contributed by atoms with E-state index in [0.717, 1.165) is 5.56 Å². The molecule has 7 nitrogen and oxygen atoms in total. The zero-order chi connectivity index (χ0) is 19.7. The van der Waals surface area contributed by atoms with E-state index in [1.807, 2.05) is 16.8 Å².